The average Bonchev–Trinajstić information content (AvgIpc) is 3.03. The van der Waals surface area contributed by atoms with Gasteiger partial charge in [0.2, 0.25) is 5.91 Å². The molecule has 4 nitrogen and oxygen atoms in total. The van der Waals surface area contributed by atoms with E-state index in [1.807, 2.05) is 40.7 Å². The lowest BCUT2D eigenvalue weighted by atomic mass is 9.99. The third-order valence-electron chi connectivity index (χ3n) is 4.88. The second-order valence-electron chi connectivity index (χ2n) is 6.54. The summed E-state index contributed by atoms with van der Waals surface area (Å²) in [6, 6.07) is 14.0. The number of nitrogens with zero attached hydrogens (tertiary/aromatic N) is 3. The van der Waals surface area contributed by atoms with Gasteiger partial charge < -0.3 is 9.47 Å². The predicted molar refractivity (Wildman–Crippen MR) is 96.3 cm³/mol. The van der Waals surface area contributed by atoms with Gasteiger partial charge in [-0.05, 0) is 50.5 Å². The van der Waals surface area contributed by atoms with E-state index >= 15 is 0 Å². The number of para-hydroxylation sites is 2. The molecule has 24 heavy (non-hydrogen) atoms. The summed E-state index contributed by atoms with van der Waals surface area (Å²) in [6.45, 7) is 4.84. The molecule has 2 aromatic carbocycles. The first-order valence-electron chi connectivity index (χ1n) is 8.47. The van der Waals surface area contributed by atoms with E-state index in [9.17, 15) is 4.79 Å². The van der Waals surface area contributed by atoms with Crippen LogP contribution in [0.5, 0.6) is 0 Å². The number of carbonyl (C=O) groups excluding carboxylic acids is 1. The zero-order valence-electron chi connectivity index (χ0n) is 14.1. The van der Waals surface area contributed by atoms with Crippen molar-refractivity contribution >= 4 is 22.6 Å². The number of hydrogen-bond acceptors (Lipinski definition) is 2. The van der Waals surface area contributed by atoms with Crippen molar-refractivity contribution in [2.24, 2.45) is 0 Å². The Morgan fingerprint density at radius 1 is 1.21 bits per heavy atom. The van der Waals surface area contributed by atoms with Gasteiger partial charge in [0.05, 0.1) is 17.4 Å². The predicted octanol–water partition coefficient (Wildman–Crippen LogP) is 3.89. The molecular weight excluding hydrogens is 298 g/mol. The maximum Gasteiger partial charge on any atom is 0.249 e. The molecule has 3 aromatic rings. The van der Waals surface area contributed by atoms with Crippen molar-refractivity contribution < 1.29 is 4.79 Å². The molecule has 0 bridgehead atoms. The van der Waals surface area contributed by atoms with Gasteiger partial charge in [0, 0.05) is 12.2 Å². The number of aromatic nitrogens is 2. The first kappa shape index (κ1) is 14.9. The highest BCUT2D eigenvalue weighted by atomic mass is 16.2. The molecule has 0 saturated heterocycles. The number of benzene rings is 2. The number of aryl methyl sites for hydroxylation is 2. The topological polar surface area (TPSA) is 38.1 Å². The first-order chi connectivity index (χ1) is 11.6. The monoisotopic (exact) mass is 319 g/mol. The minimum absolute atomic E-state index is 0.128. The number of rotatable bonds is 2. The Hall–Kier alpha value is -2.62. The normalized spacial score (nSPS) is 15.3. The smallest absolute Gasteiger partial charge is 0.249 e. The third kappa shape index (κ3) is 2.39. The molecular formula is C20H21N3O. The van der Waals surface area contributed by atoms with E-state index in [0.29, 0.717) is 0 Å². The number of anilines is 1. The van der Waals surface area contributed by atoms with E-state index in [1.165, 1.54) is 11.1 Å². The van der Waals surface area contributed by atoms with Crippen LogP contribution in [0.4, 0.5) is 5.69 Å². The summed E-state index contributed by atoms with van der Waals surface area (Å²) in [5, 5.41) is 0. The molecule has 4 heteroatoms. The molecule has 1 aliphatic heterocycles. The van der Waals surface area contributed by atoms with Crippen LogP contribution >= 0.6 is 0 Å². The summed E-state index contributed by atoms with van der Waals surface area (Å²) >= 11 is 0. The Balaban J connectivity index is 1.69. The van der Waals surface area contributed by atoms with Crippen molar-refractivity contribution in [3.05, 3.63) is 59.9 Å². The largest absolute Gasteiger partial charge is 0.318 e. The zero-order valence-corrected chi connectivity index (χ0v) is 14.1. The molecule has 1 amide bonds. The van der Waals surface area contributed by atoms with E-state index < -0.39 is 0 Å². The molecule has 0 unspecified atom stereocenters. The first-order valence-corrected chi connectivity index (χ1v) is 8.47. The van der Waals surface area contributed by atoms with Gasteiger partial charge in [0.1, 0.15) is 6.04 Å². The second kappa shape index (κ2) is 5.78. The van der Waals surface area contributed by atoms with E-state index in [2.05, 4.69) is 30.1 Å². The molecule has 1 aromatic heterocycles. The van der Waals surface area contributed by atoms with E-state index in [4.69, 9.17) is 0 Å². The average molecular weight is 319 g/mol. The number of hydrogen-bond donors (Lipinski definition) is 0. The molecule has 122 valence electrons. The van der Waals surface area contributed by atoms with Crippen molar-refractivity contribution in [3.63, 3.8) is 0 Å². The van der Waals surface area contributed by atoms with Gasteiger partial charge in [-0.1, -0.05) is 29.8 Å². The Morgan fingerprint density at radius 3 is 2.92 bits per heavy atom. The van der Waals surface area contributed by atoms with Crippen LogP contribution in [0.25, 0.3) is 11.0 Å². The number of amides is 1. The fourth-order valence-corrected chi connectivity index (χ4v) is 3.59. The molecule has 0 radical (unpaired) electrons. The van der Waals surface area contributed by atoms with Gasteiger partial charge in [0.15, 0.2) is 0 Å². The molecule has 0 spiro atoms. The van der Waals surface area contributed by atoms with Gasteiger partial charge in [-0.3, -0.25) is 4.79 Å². The fraction of sp³-hybridized carbons (Fsp3) is 0.300. The summed E-state index contributed by atoms with van der Waals surface area (Å²) in [6.07, 6.45) is 3.83. The van der Waals surface area contributed by atoms with Crippen LogP contribution in [-0.2, 0) is 11.2 Å². The van der Waals surface area contributed by atoms with Crippen molar-refractivity contribution in [2.45, 2.75) is 32.7 Å². The standard InChI is InChI=1S/C20H21N3O/c1-14-9-10-18-16(12-14)6-5-11-22(18)20(24)15(2)23-13-21-17-7-3-4-8-19(17)23/h3-4,7-10,12-13,15H,5-6,11H2,1-2H3/t15-/m1/s1. The van der Waals surface area contributed by atoms with Crippen molar-refractivity contribution in [1.29, 1.82) is 0 Å². The zero-order chi connectivity index (χ0) is 16.7. The molecule has 0 aliphatic carbocycles. The van der Waals surface area contributed by atoms with Crippen LogP contribution in [0.2, 0.25) is 0 Å². The van der Waals surface area contributed by atoms with Crippen LogP contribution in [-0.4, -0.2) is 22.0 Å². The van der Waals surface area contributed by atoms with Crippen molar-refractivity contribution in [1.82, 2.24) is 9.55 Å². The van der Waals surface area contributed by atoms with Crippen LogP contribution in [0.3, 0.4) is 0 Å². The van der Waals surface area contributed by atoms with Crippen LogP contribution < -0.4 is 4.90 Å². The van der Waals surface area contributed by atoms with Crippen LogP contribution in [0.15, 0.2) is 48.8 Å². The number of fused-ring (bicyclic) bond motifs is 2. The van der Waals surface area contributed by atoms with Gasteiger partial charge in [0.25, 0.3) is 0 Å². The molecule has 0 saturated carbocycles. The van der Waals surface area contributed by atoms with Crippen molar-refractivity contribution in [2.75, 3.05) is 11.4 Å². The van der Waals surface area contributed by atoms with Gasteiger partial charge in [-0.15, -0.1) is 0 Å². The lowest BCUT2D eigenvalue weighted by Gasteiger charge is -2.32. The summed E-state index contributed by atoms with van der Waals surface area (Å²) < 4.78 is 1.97. The maximum atomic E-state index is 13.2. The highest BCUT2D eigenvalue weighted by molar-refractivity contribution is 5.97. The molecule has 2 heterocycles. The molecule has 1 atom stereocenters. The SMILES string of the molecule is Cc1ccc2c(c1)CCCN2C(=O)[C@@H](C)n1cnc2ccccc21. The van der Waals surface area contributed by atoms with Gasteiger partial charge in [-0.2, -0.15) is 0 Å². The summed E-state index contributed by atoms with van der Waals surface area (Å²) in [5.74, 6) is 0.128. The number of imidazole rings is 1. The molecule has 1 aliphatic rings. The van der Waals surface area contributed by atoms with Crippen LogP contribution in [0, 0.1) is 6.92 Å². The Kier molecular flexibility index (Phi) is 3.60. The Bertz CT molecular complexity index is 912. The van der Waals surface area contributed by atoms with Gasteiger partial charge >= 0.3 is 0 Å². The van der Waals surface area contributed by atoms with Gasteiger partial charge in [-0.25, -0.2) is 4.98 Å². The minimum Gasteiger partial charge on any atom is -0.318 e. The highest BCUT2D eigenvalue weighted by Gasteiger charge is 2.27. The summed E-state index contributed by atoms with van der Waals surface area (Å²) in [4.78, 5) is 19.5. The maximum absolute atomic E-state index is 13.2. The lowest BCUT2D eigenvalue weighted by molar-refractivity contribution is -0.121. The summed E-state index contributed by atoms with van der Waals surface area (Å²) in [7, 11) is 0. The fourth-order valence-electron chi connectivity index (χ4n) is 3.59. The second-order valence-corrected chi connectivity index (χ2v) is 6.54. The Labute approximate surface area is 141 Å². The highest BCUT2D eigenvalue weighted by Crippen LogP contribution is 2.30. The van der Waals surface area contributed by atoms with E-state index in [1.54, 1.807) is 6.33 Å². The van der Waals surface area contributed by atoms with Crippen LogP contribution in [0.1, 0.15) is 30.5 Å². The third-order valence-corrected chi connectivity index (χ3v) is 4.88. The Morgan fingerprint density at radius 2 is 2.04 bits per heavy atom. The molecule has 4 rings (SSSR count). The summed E-state index contributed by atoms with van der Waals surface area (Å²) in [5.41, 5.74) is 5.51. The van der Waals surface area contributed by atoms with Crippen molar-refractivity contribution in [3.8, 4) is 0 Å². The lowest BCUT2D eigenvalue weighted by Crippen LogP contribution is -2.39. The quantitative estimate of drug-likeness (QED) is 0.719. The van der Waals surface area contributed by atoms with E-state index in [-0.39, 0.29) is 11.9 Å². The van der Waals surface area contributed by atoms with E-state index in [0.717, 1.165) is 36.1 Å². The number of carbonyl (C=O) groups is 1. The molecule has 0 N–H and O–H groups in total. The minimum atomic E-state index is -0.273. The molecule has 0 fully saturated rings.